The molecule has 0 saturated carbocycles. The fourth-order valence-corrected chi connectivity index (χ4v) is 11.4. The lowest BCUT2D eigenvalue weighted by molar-refractivity contribution is 0.590. The van der Waals surface area contributed by atoms with Crippen LogP contribution in [0, 0.1) is 11.3 Å². The summed E-state index contributed by atoms with van der Waals surface area (Å²) in [5, 5.41) is 13.5. The number of allylic oxidation sites excluding steroid dienone is 1. The van der Waals surface area contributed by atoms with Gasteiger partial charge in [0.2, 0.25) is 0 Å². The first kappa shape index (κ1) is 48.8. The Kier molecular flexibility index (Phi) is 12.6. The summed E-state index contributed by atoms with van der Waals surface area (Å²) in [5.41, 5.74) is 21.6. The van der Waals surface area contributed by atoms with Crippen molar-refractivity contribution < 1.29 is 0 Å². The largest absolute Gasteiger partial charge is 0.309 e. The highest BCUT2D eigenvalue weighted by Gasteiger charge is 2.24. The maximum Gasteiger partial charge on any atom is 0.129 e. The number of para-hydroxylation sites is 2. The molecule has 0 saturated heterocycles. The third-order valence-electron chi connectivity index (χ3n) is 14.9. The van der Waals surface area contributed by atoms with Gasteiger partial charge in [-0.05, 0) is 127 Å². The van der Waals surface area contributed by atoms with Crippen molar-refractivity contribution in [2.24, 2.45) is 0 Å². The lowest BCUT2D eigenvalue weighted by Crippen LogP contribution is -2.11. The zero-order chi connectivity index (χ0) is 52.8. The van der Waals surface area contributed by atoms with Gasteiger partial charge in [0, 0.05) is 39.0 Å². The number of anilines is 3. The van der Waals surface area contributed by atoms with Crippen LogP contribution in [0.3, 0.4) is 0 Å². The fraction of sp³-hybridized carbons (Fsp3) is 0.113. The predicted molar refractivity (Wildman–Crippen MR) is 325 cm³/mol. The second-order valence-corrected chi connectivity index (χ2v) is 22.4. The SMILES string of the molecule is CC(C)(C)c1ccc(C(=C(C#N)c2ccc(N(c3ccccc3)c3ccc(-c4cccc5c4c4ccccc4n5-c4ccc(-c5ccc(-c6ccccc6)cc5)cc4)c4nsnc34)cc2)c2ccc(C(C)(C)C)cc2)cc1. The van der Waals surface area contributed by atoms with Gasteiger partial charge in [0.25, 0.3) is 0 Å². The van der Waals surface area contributed by atoms with Crippen molar-refractivity contribution >= 4 is 72.8 Å². The van der Waals surface area contributed by atoms with Gasteiger partial charge in [0.05, 0.1) is 34.0 Å². The molecule has 0 fully saturated rings. The predicted octanol–water partition coefficient (Wildman–Crippen LogP) is 19.3. The molecule has 0 radical (unpaired) electrons. The molecule has 0 unspecified atom stereocenters. The van der Waals surface area contributed by atoms with Crippen molar-refractivity contribution in [1.29, 1.82) is 5.26 Å². The first-order chi connectivity index (χ1) is 37.4. The van der Waals surface area contributed by atoms with Crippen LogP contribution in [0.4, 0.5) is 17.1 Å². The first-order valence-electron chi connectivity index (χ1n) is 26.3. The average Bonchev–Trinajstić information content (AvgIpc) is 4.15. The monoisotopic (exact) mass is 1010 g/mol. The number of hydrogen-bond donors (Lipinski definition) is 0. The molecule has 0 bridgehead atoms. The first-order valence-corrected chi connectivity index (χ1v) is 27.0. The fourth-order valence-electron chi connectivity index (χ4n) is 10.8. The van der Waals surface area contributed by atoms with E-state index in [1.165, 1.54) is 50.5 Å². The molecule has 6 heteroatoms. The van der Waals surface area contributed by atoms with Crippen LogP contribution in [-0.2, 0) is 10.8 Å². The quantitative estimate of drug-likeness (QED) is 0.101. The second-order valence-electron chi connectivity index (χ2n) is 21.9. The Morgan fingerprint density at radius 3 is 1.52 bits per heavy atom. The zero-order valence-corrected chi connectivity index (χ0v) is 45.0. The minimum Gasteiger partial charge on any atom is -0.309 e. The van der Waals surface area contributed by atoms with Crippen LogP contribution in [0.2, 0.25) is 0 Å². The normalized spacial score (nSPS) is 11.8. The molecule has 372 valence electrons. The molecule has 0 aliphatic heterocycles. The standard InChI is InChI=1S/C71H57N5S/c1-70(2,3)54-36-28-52(29-37-54)66(53-30-38-55(39-31-53)71(4,5)6)62(46-72)51-34-42-57(43-35-51)75(56-18-11-8-12-19-56)65-45-44-60(68-69(65)74-77-73-68)59-21-15-23-64-67(59)61-20-13-14-22-63(61)76(64)58-40-32-50(33-41-58)49-26-24-48(25-27-49)47-16-9-7-10-17-47/h7-45H,1-6H3. The summed E-state index contributed by atoms with van der Waals surface area (Å²) >= 11 is 1.23. The average molecular weight is 1010 g/mol. The minimum atomic E-state index is -0.00135. The van der Waals surface area contributed by atoms with Gasteiger partial charge in [-0.3, -0.25) is 0 Å². The molecular formula is C71H57N5S. The minimum absolute atomic E-state index is 0.00135. The van der Waals surface area contributed by atoms with Crippen molar-refractivity contribution in [3.05, 3.63) is 264 Å². The van der Waals surface area contributed by atoms with Crippen LogP contribution < -0.4 is 4.90 Å². The van der Waals surface area contributed by atoms with E-state index in [9.17, 15) is 5.26 Å². The summed E-state index contributed by atoms with van der Waals surface area (Å²) in [6.45, 7) is 13.4. The number of fused-ring (bicyclic) bond motifs is 4. The van der Waals surface area contributed by atoms with Crippen LogP contribution in [0.25, 0.3) is 83.1 Å². The van der Waals surface area contributed by atoms with E-state index in [2.05, 4.69) is 288 Å². The number of nitriles is 1. The molecular weight excluding hydrogens is 955 g/mol. The molecule has 12 aromatic rings. The van der Waals surface area contributed by atoms with Crippen molar-refractivity contribution in [3.8, 4) is 45.1 Å². The molecule has 0 amide bonds. The van der Waals surface area contributed by atoms with Gasteiger partial charge in [-0.2, -0.15) is 14.0 Å². The molecule has 77 heavy (non-hydrogen) atoms. The Morgan fingerprint density at radius 2 is 0.935 bits per heavy atom. The maximum absolute atomic E-state index is 11.1. The van der Waals surface area contributed by atoms with E-state index < -0.39 is 0 Å². The van der Waals surface area contributed by atoms with Crippen LogP contribution in [0.15, 0.2) is 237 Å². The highest BCUT2D eigenvalue weighted by atomic mass is 32.1. The van der Waals surface area contributed by atoms with Crippen molar-refractivity contribution in [3.63, 3.8) is 0 Å². The van der Waals surface area contributed by atoms with Gasteiger partial charge in [-0.25, -0.2) is 0 Å². The molecule has 10 aromatic carbocycles. The topological polar surface area (TPSA) is 57.7 Å². The highest BCUT2D eigenvalue weighted by Crippen LogP contribution is 2.45. The number of rotatable bonds is 10. The van der Waals surface area contributed by atoms with E-state index in [1.807, 2.05) is 6.07 Å². The van der Waals surface area contributed by atoms with Crippen molar-refractivity contribution in [2.45, 2.75) is 52.4 Å². The van der Waals surface area contributed by atoms with Crippen molar-refractivity contribution in [1.82, 2.24) is 13.3 Å². The molecule has 0 aliphatic rings. The summed E-state index contributed by atoms with van der Waals surface area (Å²) in [5.74, 6) is 0. The van der Waals surface area contributed by atoms with E-state index in [0.717, 1.165) is 83.6 Å². The molecule has 2 aromatic heterocycles. The molecule has 0 atom stereocenters. The molecule has 0 spiro atoms. The van der Waals surface area contributed by atoms with E-state index in [4.69, 9.17) is 8.75 Å². The van der Waals surface area contributed by atoms with Crippen LogP contribution in [0.1, 0.15) is 69.4 Å². The summed E-state index contributed by atoms with van der Waals surface area (Å²) in [4.78, 5) is 2.25. The van der Waals surface area contributed by atoms with Crippen LogP contribution in [-0.4, -0.2) is 13.3 Å². The van der Waals surface area contributed by atoms with Gasteiger partial charge in [-0.15, -0.1) is 0 Å². The molecule has 12 rings (SSSR count). The third-order valence-corrected chi connectivity index (χ3v) is 15.5. The summed E-state index contributed by atoms with van der Waals surface area (Å²) < 4.78 is 12.5. The number of benzene rings is 10. The number of aromatic nitrogens is 3. The summed E-state index contributed by atoms with van der Waals surface area (Å²) in [7, 11) is 0. The van der Waals surface area contributed by atoms with Gasteiger partial charge in [-0.1, -0.05) is 217 Å². The van der Waals surface area contributed by atoms with Crippen LogP contribution >= 0.6 is 11.7 Å². The Hall–Kier alpha value is -9.15. The van der Waals surface area contributed by atoms with E-state index in [1.54, 1.807) is 0 Å². The van der Waals surface area contributed by atoms with E-state index >= 15 is 0 Å². The van der Waals surface area contributed by atoms with E-state index in [0.29, 0.717) is 5.57 Å². The smallest absolute Gasteiger partial charge is 0.129 e. The molecule has 0 aliphatic carbocycles. The lowest BCUT2D eigenvalue weighted by atomic mass is 9.83. The Balaban J connectivity index is 0.931. The molecule has 5 nitrogen and oxygen atoms in total. The van der Waals surface area contributed by atoms with Gasteiger partial charge in [0.15, 0.2) is 0 Å². The van der Waals surface area contributed by atoms with Crippen LogP contribution in [0.5, 0.6) is 0 Å². The van der Waals surface area contributed by atoms with Gasteiger partial charge in [0.1, 0.15) is 17.1 Å². The van der Waals surface area contributed by atoms with E-state index in [-0.39, 0.29) is 10.8 Å². The highest BCUT2D eigenvalue weighted by molar-refractivity contribution is 7.00. The van der Waals surface area contributed by atoms with Gasteiger partial charge < -0.3 is 9.47 Å². The Morgan fingerprint density at radius 1 is 0.442 bits per heavy atom. The lowest BCUT2D eigenvalue weighted by Gasteiger charge is -2.26. The maximum atomic E-state index is 11.1. The third kappa shape index (κ3) is 9.20. The Bertz CT molecular complexity index is 4110. The summed E-state index contributed by atoms with van der Waals surface area (Å²) in [6.07, 6.45) is 0. The number of hydrogen-bond acceptors (Lipinski definition) is 5. The second kappa shape index (κ2) is 19.8. The molecule has 0 N–H and O–H groups in total. The van der Waals surface area contributed by atoms with Crippen molar-refractivity contribution in [2.75, 3.05) is 4.90 Å². The summed E-state index contributed by atoms with van der Waals surface area (Å²) in [6, 6.07) is 86.8. The number of nitrogens with zero attached hydrogens (tertiary/aromatic N) is 5. The molecule has 2 heterocycles. The van der Waals surface area contributed by atoms with Gasteiger partial charge >= 0.3 is 0 Å². The Labute approximate surface area is 455 Å². The zero-order valence-electron chi connectivity index (χ0n) is 44.2.